The van der Waals surface area contributed by atoms with Crippen LogP contribution in [0.1, 0.15) is 26.3 Å². The van der Waals surface area contributed by atoms with Gasteiger partial charge in [-0.15, -0.1) is 0 Å². The Morgan fingerprint density at radius 2 is 1.67 bits per heavy atom. The Labute approximate surface area is 257 Å². The number of hydrogen-bond donors (Lipinski definition) is 1. The standard InChI is InChI=1S/C34H36ClN7O/c1-5-42-32-25(18-29(33(42)43)28-12-7-24(19-30(28)35)31-13-6-23(4)20-36-31)21-37-34(39-32)38-26-8-10-27(11-9-26)41-16-14-40(15-17-41)22(2)3/h6-13,18-22H,5,14-17H2,1-4H3,(H,37,38,39). The molecule has 3 aromatic heterocycles. The molecule has 1 saturated heterocycles. The number of rotatable bonds is 7. The zero-order chi connectivity index (χ0) is 30.1. The fourth-order valence-electron chi connectivity index (χ4n) is 5.62. The van der Waals surface area contributed by atoms with Crippen molar-refractivity contribution in [3.05, 3.63) is 94.0 Å². The lowest BCUT2D eigenvalue weighted by molar-refractivity contribution is 0.209. The highest BCUT2D eigenvalue weighted by Gasteiger charge is 2.19. The Balaban J connectivity index is 1.24. The molecule has 1 aliphatic heterocycles. The molecule has 0 saturated carbocycles. The van der Waals surface area contributed by atoms with Gasteiger partial charge in [0.15, 0.2) is 0 Å². The Hall–Kier alpha value is -4.27. The molecule has 0 radical (unpaired) electrons. The van der Waals surface area contributed by atoms with Crippen molar-refractivity contribution >= 4 is 40.0 Å². The number of pyridine rings is 2. The van der Waals surface area contributed by atoms with E-state index in [9.17, 15) is 4.79 Å². The molecule has 1 fully saturated rings. The van der Waals surface area contributed by atoms with E-state index in [1.165, 1.54) is 5.69 Å². The molecule has 0 aliphatic carbocycles. The second-order valence-corrected chi connectivity index (χ2v) is 11.7. The number of halogens is 1. The van der Waals surface area contributed by atoms with Crippen LogP contribution >= 0.6 is 11.6 Å². The summed E-state index contributed by atoms with van der Waals surface area (Å²) in [6.07, 6.45) is 3.58. The quantitative estimate of drug-likeness (QED) is 0.223. The normalized spacial score (nSPS) is 14.0. The first-order valence-electron chi connectivity index (χ1n) is 14.8. The van der Waals surface area contributed by atoms with E-state index < -0.39 is 0 Å². The average Bonchev–Trinajstić information content (AvgIpc) is 3.02. The molecule has 8 nitrogen and oxygen atoms in total. The minimum absolute atomic E-state index is 0.148. The van der Waals surface area contributed by atoms with E-state index in [1.807, 2.05) is 68.6 Å². The molecular weight excluding hydrogens is 558 g/mol. The van der Waals surface area contributed by atoms with Crippen LogP contribution in [0.5, 0.6) is 0 Å². The summed E-state index contributed by atoms with van der Waals surface area (Å²) in [6.45, 7) is 13.1. The van der Waals surface area contributed by atoms with Crippen LogP contribution < -0.4 is 15.8 Å². The molecule has 1 N–H and O–H groups in total. The van der Waals surface area contributed by atoms with Gasteiger partial charge in [-0.25, -0.2) is 4.98 Å². The third kappa shape index (κ3) is 5.98. The van der Waals surface area contributed by atoms with Crippen LogP contribution in [0.3, 0.4) is 0 Å². The molecule has 220 valence electrons. The maximum atomic E-state index is 13.7. The molecule has 0 bridgehead atoms. The number of fused-ring (bicyclic) bond motifs is 1. The van der Waals surface area contributed by atoms with Gasteiger partial charge in [0.1, 0.15) is 5.65 Å². The number of aryl methyl sites for hydroxylation is 2. The number of hydrogen-bond acceptors (Lipinski definition) is 7. The Morgan fingerprint density at radius 1 is 0.907 bits per heavy atom. The highest BCUT2D eigenvalue weighted by atomic mass is 35.5. The monoisotopic (exact) mass is 593 g/mol. The van der Waals surface area contributed by atoms with Crippen molar-refractivity contribution in [1.82, 2.24) is 24.4 Å². The maximum Gasteiger partial charge on any atom is 0.260 e. The third-order valence-corrected chi connectivity index (χ3v) is 8.46. The summed E-state index contributed by atoms with van der Waals surface area (Å²) in [7, 11) is 0. The first-order chi connectivity index (χ1) is 20.8. The lowest BCUT2D eigenvalue weighted by Gasteiger charge is -2.38. The van der Waals surface area contributed by atoms with Gasteiger partial charge in [-0.1, -0.05) is 29.8 Å². The van der Waals surface area contributed by atoms with Gasteiger partial charge in [0, 0.05) is 89.6 Å². The lowest BCUT2D eigenvalue weighted by Crippen LogP contribution is -2.48. The fraction of sp³-hybridized carbons (Fsp3) is 0.294. The Kier molecular flexibility index (Phi) is 8.15. The van der Waals surface area contributed by atoms with E-state index >= 15 is 0 Å². The summed E-state index contributed by atoms with van der Waals surface area (Å²) >= 11 is 6.74. The van der Waals surface area contributed by atoms with Crippen LogP contribution in [0.2, 0.25) is 5.02 Å². The van der Waals surface area contributed by atoms with Gasteiger partial charge in [0.05, 0.1) is 5.69 Å². The van der Waals surface area contributed by atoms with E-state index in [2.05, 4.69) is 51.1 Å². The van der Waals surface area contributed by atoms with Gasteiger partial charge in [-0.3, -0.25) is 19.2 Å². The van der Waals surface area contributed by atoms with Gasteiger partial charge < -0.3 is 10.2 Å². The van der Waals surface area contributed by atoms with Crippen molar-refractivity contribution in [2.75, 3.05) is 36.4 Å². The summed E-state index contributed by atoms with van der Waals surface area (Å²) < 4.78 is 1.67. The molecule has 43 heavy (non-hydrogen) atoms. The van der Waals surface area contributed by atoms with E-state index in [4.69, 9.17) is 16.6 Å². The molecule has 6 rings (SSSR count). The number of benzene rings is 2. The predicted molar refractivity (Wildman–Crippen MR) is 177 cm³/mol. The predicted octanol–water partition coefficient (Wildman–Crippen LogP) is 6.78. The number of nitrogens with one attached hydrogen (secondary N) is 1. The molecule has 0 spiro atoms. The molecule has 2 aromatic carbocycles. The number of nitrogens with zero attached hydrogens (tertiary/aromatic N) is 6. The second-order valence-electron chi connectivity index (χ2n) is 11.3. The van der Waals surface area contributed by atoms with Crippen LogP contribution in [0.25, 0.3) is 33.4 Å². The summed E-state index contributed by atoms with van der Waals surface area (Å²) in [5.74, 6) is 0.438. The summed E-state index contributed by atoms with van der Waals surface area (Å²) in [6, 6.07) is 20.4. The largest absolute Gasteiger partial charge is 0.369 e. The first-order valence-corrected chi connectivity index (χ1v) is 15.2. The maximum absolute atomic E-state index is 13.7. The van der Waals surface area contributed by atoms with E-state index in [-0.39, 0.29) is 5.56 Å². The van der Waals surface area contributed by atoms with Crippen molar-refractivity contribution in [3.8, 4) is 22.4 Å². The van der Waals surface area contributed by atoms with Crippen LogP contribution in [-0.2, 0) is 6.54 Å². The second kappa shape index (κ2) is 12.1. The van der Waals surface area contributed by atoms with E-state index in [0.29, 0.717) is 40.3 Å². The SMILES string of the molecule is CCn1c(=O)c(-c2ccc(-c3ccc(C)cn3)cc2Cl)cc2cnc(Nc3ccc(N4CCN(C(C)C)CC4)cc3)nc21. The molecule has 9 heteroatoms. The summed E-state index contributed by atoms with van der Waals surface area (Å²) in [5, 5.41) is 4.56. The van der Waals surface area contributed by atoms with E-state index in [0.717, 1.165) is 54.1 Å². The van der Waals surface area contributed by atoms with Crippen molar-refractivity contribution in [2.45, 2.75) is 40.3 Å². The van der Waals surface area contributed by atoms with Gasteiger partial charge in [0.25, 0.3) is 5.56 Å². The van der Waals surface area contributed by atoms with Gasteiger partial charge in [-0.2, -0.15) is 4.98 Å². The zero-order valence-electron chi connectivity index (χ0n) is 25.0. The highest BCUT2D eigenvalue weighted by molar-refractivity contribution is 6.33. The number of piperazine rings is 1. The molecule has 0 amide bonds. The molecule has 5 aromatic rings. The molecule has 1 aliphatic rings. The van der Waals surface area contributed by atoms with Crippen molar-refractivity contribution in [2.24, 2.45) is 0 Å². The smallest absolute Gasteiger partial charge is 0.260 e. The first kappa shape index (κ1) is 28.8. The number of anilines is 3. The van der Waals surface area contributed by atoms with Crippen molar-refractivity contribution in [3.63, 3.8) is 0 Å². The molecular formula is C34H36ClN7O. The molecule has 0 unspecified atom stereocenters. The Bertz CT molecular complexity index is 1810. The summed E-state index contributed by atoms with van der Waals surface area (Å²) in [4.78, 5) is 32.4. The minimum Gasteiger partial charge on any atom is -0.369 e. The Morgan fingerprint density at radius 3 is 2.33 bits per heavy atom. The highest BCUT2D eigenvalue weighted by Crippen LogP contribution is 2.32. The molecule has 4 heterocycles. The fourth-order valence-corrected chi connectivity index (χ4v) is 5.90. The third-order valence-electron chi connectivity index (χ3n) is 8.14. The lowest BCUT2D eigenvalue weighted by atomic mass is 10.0. The number of aromatic nitrogens is 4. The van der Waals surface area contributed by atoms with Crippen LogP contribution in [0.15, 0.2) is 77.9 Å². The van der Waals surface area contributed by atoms with Crippen molar-refractivity contribution < 1.29 is 0 Å². The molecule has 0 atom stereocenters. The van der Waals surface area contributed by atoms with Gasteiger partial charge >= 0.3 is 0 Å². The topological polar surface area (TPSA) is 79.2 Å². The van der Waals surface area contributed by atoms with Gasteiger partial charge in [0.2, 0.25) is 5.95 Å². The van der Waals surface area contributed by atoms with Crippen LogP contribution in [0, 0.1) is 6.92 Å². The van der Waals surface area contributed by atoms with Crippen molar-refractivity contribution in [1.29, 1.82) is 0 Å². The van der Waals surface area contributed by atoms with Crippen LogP contribution in [-0.4, -0.2) is 56.6 Å². The zero-order valence-corrected chi connectivity index (χ0v) is 25.8. The minimum atomic E-state index is -0.148. The average molecular weight is 594 g/mol. The van der Waals surface area contributed by atoms with E-state index in [1.54, 1.807) is 10.8 Å². The van der Waals surface area contributed by atoms with Gasteiger partial charge in [-0.05, 0) is 75.7 Å². The van der Waals surface area contributed by atoms with Crippen LogP contribution in [0.4, 0.5) is 17.3 Å². The summed E-state index contributed by atoms with van der Waals surface area (Å²) in [5.41, 5.74) is 6.52.